The Labute approximate surface area is 220 Å². The number of rotatable bonds is 8. The van der Waals surface area contributed by atoms with Crippen LogP contribution < -0.4 is 29.3 Å². The van der Waals surface area contributed by atoms with Crippen molar-refractivity contribution in [3.63, 3.8) is 0 Å². The maximum atomic E-state index is 13.6. The van der Waals surface area contributed by atoms with E-state index < -0.39 is 0 Å². The molecule has 0 saturated heterocycles. The van der Waals surface area contributed by atoms with Gasteiger partial charge in [-0.1, -0.05) is 60.3 Å². The van der Waals surface area contributed by atoms with Gasteiger partial charge < -0.3 is 19.3 Å². The fourth-order valence-electron chi connectivity index (χ4n) is 4.67. The number of hydrogen-bond acceptors (Lipinski definition) is 5. The molecule has 0 atom stereocenters. The lowest BCUT2D eigenvalue weighted by Gasteiger charge is -2.16. The van der Waals surface area contributed by atoms with E-state index in [9.17, 15) is 9.90 Å². The van der Waals surface area contributed by atoms with Gasteiger partial charge in [0.05, 0.1) is 26.0 Å². The van der Waals surface area contributed by atoms with Gasteiger partial charge in [0.15, 0.2) is 11.5 Å². The van der Waals surface area contributed by atoms with Crippen LogP contribution in [0, 0.1) is 6.92 Å². The molecular formula is C31H28N2O5. The number of hydrogen-bond donors (Lipinski definition) is 0. The molecule has 0 bridgehead atoms. The molecule has 0 aliphatic heterocycles. The minimum absolute atomic E-state index is 0.126. The zero-order valence-corrected chi connectivity index (χ0v) is 21.5. The van der Waals surface area contributed by atoms with E-state index in [-0.39, 0.29) is 11.3 Å². The second-order valence-corrected chi connectivity index (χ2v) is 8.88. The normalized spacial score (nSPS) is 10.9. The molecule has 7 heteroatoms. The molecule has 0 radical (unpaired) electrons. The predicted octanol–water partition coefficient (Wildman–Crippen LogP) is 4.28. The zero-order valence-electron chi connectivity index (χ0n) is 21.5. The number of para-hydroxylation sites is 2. The summed E-state index contributed by atoms with van der Waals surface area (Å²) in [7, 11) is 3.22. The third-order valence-corrected chi connectivity index (χ3v) is 6.56. The number of benzene rings is 3. The van der Waals surface area contributed by atoms with Crippen LogP contribution in [0.25, 0.3) is 16.9 Å². The molecule has 192 valence electrons. The third-order valence-electron chi connectivity index (χ3n) is 6.56. The van der Waals surface area contributed by atoms with Gasteiger partial charge in [-0.3, -0.25) is 0 Å². The Morgan fingerprint density at radius 3 is 2.37 bits per heavy atom. The molecule has 2 heterocycles. The molecule has 7 nitrogen and oxygen atoms in total. The number of methoxy groups -OCH3 is 2. The number of fused-ring (bicyclic) bond motifs is 1. The van der Waals surface area contributed by atoms with Crippen LogP contribution in [0.15, 0.2) is 95.9 Å². The highest BCUT2D eigenvalue weighted by atomic mass is 16.5. The molecule has 0 unspecified atom stereocenters. The van der Waals surface area contributed by atoms with Crippen molar-refractivity contribution in [1.82, 2.24) is 4.57 Å². The van der Waals surface area contributed by atoms with Crippen molar-refractivity contribution in [2.24, 2.45) is 0 Å². The number of nitrogens with zero attached hydrogens (tertiary/aromatic N) is 2. The third kappa shape index (κ3) is 4.66. The summed E-state index contributed by atoms with van der Waals surface area (Å²) >= 11 is 0. The fraction of sp³-hybridized carbons (Fsp3) is 0.161. The van der Waals surface area contributed by atoms with E-state index >= 15 is 0 Å². The van der Waals surface area contributed by atoms with Gasteiger partial charge in [-0.25, -0.2) is 4.79 Å². The summed E-state index contributed by atoms with van der Waals surface area (Å²) in [5.74, 6) is 1.78. The number of pyridine rings is 1. The monoisotopic (exact) mass is 508 g/mol. The highest BCUT2D eigenvalue weighted by Gasteiger charge is 2.23. The number of ether oxygens (including phenoxy) is 3. The first-order valence-electron chi connectivity index (χ1n) is 12.2. The van der Waals surface area contributed by atoms with E-state index in [0.717, 1.165) is 16.9 Å². The molecule has 0 spiro atoms. The molecule has 38 heavy (non-hydrogen) atoms. The summed E-state index contributed by atoms with van der Waals surface area (Å²) in [6.07, 6.45) is 1.87. The van der Waals surface area contributed by atoms with Crippen LogP contribution in [0.5, 0.6) is 23.0 Å². The van der Waals surface area contributed by atoms with E-state index in [0.29, 0.717) is 47.1 Å². The van der Waals surface area contributed by atoms with Crippen molar-refractivity contribution in [2.45, 2.75) is 20.1 Å². The second kappa shape index (κ2) is 10.7. The van der Waals surface area contributed by atoms with Crippen molar-refractivity contribution in [2.75, 3.05) is 14.2 Å². The summed E-state index contributed by atoms with van der Waals surface area (Å²) in [6, 6.07) is 25.7. The SMILES string of the molecule is COc1ccccc1COc1ccc(Cn2c(=O)c(C)c(-c3ccccc3[O-])[n+]3ccccc23)cc1OC. The Kier molecular flexibility index (Phi) is 7.00. The predicted molar refractivity (Wildman–Crippen MR) is 143 cm³/mol. The van der Waals surface area contributed by atoms with Gasteiger partial charge in [0.2, 0.25) is 0 Å². The molecule has 0 saturated carbocycles. The fourth-order valence-corrected chi connectivity index (χ4v) is 4.67. The van der Waals surface area contributed by atoms with E-state index in [1.54, 1.807) is 43.9 Å². The highest BCUT2D eigenvalue weighted by Crippen LogP contribution is 2.31. The first-order chi connectivity index (χ1) is 18.5. The van der Waals surface area contributed by atoms with Crippen LogP contribution in [0.1, 0.15) is 16.7 Å². The molecule has 0 aliphatic carbocycles. The van der Waals surface area contributed by atoms with Gasteiger partial charge in [-0.15, -0.1) is 0 Å². The molecule has 0 aliphatic rings. The Bertz CT molecular complexity index is 1680. The van der Waals surface area contributed by atoms with Crippen molar-refractivity contribution in [3.8, 4) is 34.3 Å². The Morgan fingerprint density at radius 1 is 0.842 bits per heavy atom. The topological polar surface area (TPSA) is 76.8 Å². The molecule has 0 N–H and O–H groups in total. The lowest BCUT2D eigenvalue weighted by molar-refractivity contribution is -0.504. The van der Waals surface area contributed by atoms with Gasteiger partial charge in [0.25, 0.3) is 5.65 Å². The zero-order chi connectivity index (χ0) is 26.6. The summed E-state index contributed by atoms with van der Waals surface area (Å²) in [5.41, 5.74) is 3.91. The highest BCUT2D eigenvalue weighted by molar-refractivity contribution is 5.67. The molecular weight excluding hydrogens is 480 g/mol. The lowest BCUT2D eigenvalue weighted by atomic mass is 10.1. The maximum absolute atomic E-state index is 13.6. The van der Waals surface area contributed by atoms with Crippen LogP contribution in [0.4, 0.5) is 0 Å². The quantitative estimate of drug-likeness (QED) is 0.293. The van der Waals surface area contributed by atoms with E-state index in [4.69, 9.17) is 14.2 Å². The first kappa shape index (κ1) is 24.9. The lowest BCUT2D eigenvalue weighted by Crippen LogP contribution is -2.38. The van der Waals surface area contributed by atoms with Crippen LogP contribution in [-0.2, 0) is 13.2 Å². The Balaban J connectivity index is 1.51. The van der Waals surface area contributed by atoms with E-state index in [2.05, 4.69) is 0 Å². The maximum Gasteiger partial charge on any atom is 0.341 e. The molecule has 0 amide bonds. The van der Waals surface area contributed by atoms with E-state index in [1.807, 2.05) is 71.3 Å². The van der Waals surface area contributed by atoms with Crippen molar-refractivity contribution < 1.29 is 23.7 Å². The van der Waals surface area contributed by atoms with Crippen LogP contribution in [0.3, 0.4) is 0 Å². The molecule has 3 aromatic carbocycles. The van der Waals surface area contributed by atoms with E-state index in [1.165, 1.54) is 6.07 Å². The largest absolute Gasteiger partial charge is 0.872 e. The van der Waals surface area contributed by atoms with Crippen LogP contribution >= 0.6 is 0 Å². The standard InChI is InChI=1S/C31H28N2O5/c1-21-30(24-11-5-6-12-25(24)34)32-17-9-8-14-29(32)33(31(21)35)19-22-15-16-27(28(18-22)37-3)38-20-23-10-4-7-13-26(23)36-2/h4-18H,19-20H2,1-3H3. The molecule has 0 fully saturated rings. The molecule has 5 rings (SSSR count). The smallest absolute Gasteiger partial charge is 0.341 e. The average Bonchev–Trinajstić information content (AvgIpc) is 2.95. The van der Waals surface area contributed by atoms with Crippen LogP contribution in [-0.4, -0.2) is 18.8 Å². The van der Waals surface area contributed by atoms with Crippen molar-refractivity contribution in [1.29, 1.82) is 0 Å². The van der Waals surface area contributed by atoms with Crippen molar-refractivity contribution in [3.05, 3.63) is 118 Å². The number of aromatic nitrogens is 2. The summed E-state index contributed by atoms with van der Waals surface area (Å²) in [4.78, 5) is 13.6. The van der Waals surface area contributed by atoms with Gasteiger partial charge in [0.1, 0.15) is 24.6 Å². The van der Waals surface area contributed by atoms with Crippen LogP contribution in [0.2, 0.25) is 0 Å². The average molecular weight is 509 g/mol. The summed E-state index contributed by atoms with van der Waals surface area (Å²) in [6.45, 7) is 2.40. The summed E-state index contributed by atoms with van der Waals surface area (Å²) < 4.78 is 20.7. The Hall–Kier alpha value is -4.78. The second-order valence-electron chi connectivity index (χ2n) is 8.88. The van der Waals surface area contributed by atoms with Gasteiger partial charge in [-0.05, 0) is 36.8 Å². The first-order valence-corrected chi connectivity index (χ1v) is 12.2. The minimum Gasteiger partial charge on any atom is -0.872 e. The summed E-state index contributed by atoms with van der Waals surface area (Å²) in [5, 5.41) is 12.6. The van der Waals surface area contributed by atoms with Crippen molar-refractivity contribution >= 4 is 5.65 Å². The molecule has 2 aromatic heterocycles. The minimum atomic E-state index is -0.162. The Morgan fingerprint density at radius 2 is 1.58 bits per heavy atom. The van der Waals surface area contributed by atoms with Gasteiger partial charge in [0, 0.05) is 17.2 Å². The van der Waals surface area contributed by atoms with Gasteiger partial charge in [-0.2, -0.15) is 8.97 Å². The molecule has 5 aromatic rings. The van der Waals surface area contributed by atoms with Gasteiger partial charge >= 0.3 is 5.56 Å².